The lowest BCUT2D eigenvalue weighted by Crippen LogP contribution is -2.56. The Balaban J connectivity index is 1.72. The minimum atomic E-state index is -5.13. The Morgan fingerprint density at radius 1 is 1.30 bits per heavy atom. The fraction of sp³-hybridized carbons (Fsp3) is 0.250. The van der Waals surface area contributed by atoms with E-state index >= 15 is 0 Å². The van der Waals surface area contributed by atoms with Crippen molar-refractivity contribution >= 4 is 12.1 Å². The van der Waals surface area contributed by atoms with Crippen LogP contribution in [0, 0.1) is 11.6 Å². The van der Waals surface area contributed by atoms with Crippen LogP contribution in [0.5, 0.6) is 5.75 Å². The summed E-state index contributed by atoms with van der Waals surface area (Å²) in [5.41, 5.74) is -3.47. The number of rotatable bonds is 4. The summed E-state index contributed by atoms with van der Waals surface area (Å²) in [7, 11) is 0. The van der Waals surface area contributed by atoms with E-state index in [0.717, 1.165) is 24.4 Å². The van der Waals surface area contributed by atoms with Crippen molar-refractivity contribution in [3.63, 3.8) is 0 Å². The van der Waals surface area contributed by atoms with Crippen LogP contribution in [0.15, 0.2) is 39.9 Å². The van der Waals surface area contributed by atoms with Gasteiger partial charge >= 0.3 is 12.1 Å². The van der Waals surface area contributed by atoms with Gasteiger partial charge in [0.25, 0.3) is 5.72 Å². The van der Waals surface area contributed by atoms with Crippen molar-refractivity contribution in [3.8, 4) is 5.75 Å². The first-order valence-corrected chi connectivity index (χ1v) is 7.44. The summed E-state index contributed by atoms with van der Waals surface area (Å²) in [5.74, 6) is -3.90. The number of aliphatic hydroxyl groups is 1. The van der Waals surface area contributed by atoms with E-state index in [1.807, 2.05) is 0 Å². The van der Waals surface area contributed by atoms with Gasteiger partial charge in [-0.25, -0.2) is 8.78 Å². The monoisotopic (exact) mass is 390 g/mol. The molecule has 1 aliphatic heterocycles. The maximum absolute atomic E-state index is 13.5. The average molecular weight is 390 g/mol. The molecule has 27 heavy (non-hydrogen) atoms. The Bertz CT molecular complexity index is 895. The molecule has 0 saturated heterocycles. The highest BCUT2D eigenvalue weighted by Gasteiger charge is 2.61. The van der Waals surface area contributed by atoms with E-state index in [4.69, 9.17) is 9.15 Å². The normalized spacial score (nSPS) is 19.6. The predicted octanol–water partition coefficient (Wildman–Crippen LogP) is 3.22. The molecule has 2 heterocycles. The maximum Gasteiger partial charge on any atom is 0.438 e. The van der Waals surface area contributed by atoms with Gasteiger partial charge in [0.2, 0.25) is 0 Å². The van der Waals surface area contributed by atoms with Crippen molar-refractivity contribution in [3.05, 3.63) is 53.5 Å². The second kappa shape index (κ2) is 6.65. The Labute approximate surface area is 148 Å². The number of nitrogens with zero attached hydrogens (tertiary/aromatic N) is 2. The third kappa shape index (κ3) is 3.50. The lowest BCUT2D eigenvalue weighted by molar-refractivity contribution is -0.297. The zero-order valence-corrected chi connectivity index (χ0v) is 13.3. The molecule has 0 saturated carbocycles. The molecule has 144 valence electrons. The molecular weight excluding hydrogens is 379 g/mol. The third-order valence-electron chi connectivity index (χ3n) is 3.71. The average Bonchev–Trinajstić information content (AvgIpc) is 3.20. The summed E-state index contributed by atoms with van der Waals surface area (Å²) in [6, 6.07) is 4.91. The van der Waals surface area contributed by atoms with Gasteiger partial charge in [0.1, 0.15) is 18.2 Å². The largest absolute Gasteiger partial charge is 0.483 e. The highest BCUT2D eigenvalue weighted by Crippen LogP contribution is 2.39. The Morgan fingerprint density at radius 3 is 2.70 bits per heavy atom. The molecule has 0 radical (unpaired) electrons. The van der Waals surface area contributed by atoms with Crippen LogP contribution in [0.4, 0.5) is 22.0 Å². The summed E-state index contributed by atoms with van der Waals surface area (Å²) in [6.07, 6.45) is -5.28. The van der Waals surface area contributed by atoms with Gasteiger partial charge in [-0.2, -0.15) is 23.3 Å². The van der Waals surface area contributed by atoms with Gasteiger partial charge in [0.05, 0.1) is 0 Å². The summed E-state index contributed by atoms with van der Waals surface area (Å²) in [4.78, 5) is 12.2. The maximum atomic E-state index is 13.5. The van der Waals surface area contributed by atoms with Crippen LogP contribution in [0.2, 0.25) is 0 Å². The lowest BCUT2D eigenvalue weighted by atomic mass is 10.1. The number of carbonyl (C=O) groups is 1. The second-order valence-electron chi connectivity index (χ2n) is 5.56. The predicted molar refractivity (Wildman–Crippen MR) is 79.7 cm³/mol. The molecule has 1 aromatic heterocycles. The minimum absolute atomic E-state index is 0.0131. The van der Waals surface area contributed by atoms with Crippen LogP contribution in [0.1, 0.15) is 22.7 Å². The summed E-state index contributed by atoms with van der Waals surface area (Å²) in [6.45, 7) is -0.372. The van der Waals surface area contributed by atoms with E-state index in [1.54, 1.807) is 0 Å². The molecule has 1 atom stereocenters. The first kappa shape index (κ1) is 18.8. The first-order valence-electron chi connectivity index (χ1n) is 7.44. The molecule has 3 rings (SSSR count). The zero-order valence-electron chi connectivity index (χ0n) is 13.3. The number of carbonyl (C=O) groups excluding carboxylic acids is 1. The van der Waals surface area contributed by atoms with Gasteiger partial charge < -0.3 is 14.3 Å². The molecule has 6 nitrogen and oxygen atoms in total. The Morgan fingerprint density at radius 2 is 2.04 bits per heavy atom. The number of ether oxygens (including phenoxy) is 1. The van der Waals surface area contributed by atoms with Gasteiger partial charge in [-0.1, -0.05) is 0 Å². The quantitative estimate of drug-likeness (QED) is 0.814. The van der Waals surface area contributed by atoms with Gasteiger partial charge in [0.15, 0.2) is 17.3 Å². The fourth-order valence-electron chi connectivity index (χ4n) is 2.30. The van der Waals surface area contributed by atoms with Crippen LogP contribution in [-0.2, 0) is 6.61 Å². The summed E-state index contributed by atoms with van der Waals surface area (Å²) < 4.78 is 75.5. The number of hydrazone groups is 1. The molecular formula is C16H11F5N2O4. The van der Waals surface area contributed by atoms with Crippen LogP contribution in [0.25, 0.3) is 0 Å². The smallest absolute Gasteiger partial charge is 0.438 e. The van der Waals surface area contributed by atoms with Crippen molar-refractivity contribution in [2.24, 2.45) is 5.10 Å². The number of hydrogen-bond acceptors (Lipinski definition) is 5. The van der Waals surface area contributed by atoms with Crippen LogP contribution in [0.3, 0.4) is 0 Å². The van der Waals surface area contributed by atoms with Gasteiger partial charge in [0, 0.05) is 18.7 Å². The van der Waals surface area contributed by atoms with Gasteiger partial charge in [-0.05, 0) is 24.3 Å². The summed E-state index contributed by atoms with van der Waals surface area (Å²) >= 11 is 0. The molecule has 11 heteroatoms. The minimum Gasteiger partial charge on any atom is -0.483 e. The van der Waals surface area contributed by atoms with E-state index in [2.05, 4.69) is 5.10 Å². The molecule has 2 aromatic rings. The third-order valence-corrected chi connectivity index (χ3v) is 3.71. The van der Waals surface area contributed by atoms with E-state index in [9.17, 15) is 31.9 Å². The number of alkyl halides is 3. The SMILES string of the molecule is O=C(c1ccc(COc2ccc(F)cc2F)o1)N1N=CC[C@@]1(O)C(F)(F)F. The fourth-order valence-corrected chi connectivity index (χ4v) is 2.30. The zero-order chi connectivity index (χ0) is 19.8. The highest BCUT2D eigenvalue weighted by atomic mass is 19.4. The lowest BCUT2D eigenvalue weighted by Gasteiger charge is -2.31. The van der Waals surface area contributed by atoms with Gasteiger partial charge in [-0.3, -0.25) is 4.79 Å². The van der Waals surface area contributed by atoms with Crippen molar-refractivity contribution < 1.29 is 41.0 Å². The molecule has 1 aromatic carbocycles. The van der Waals surface area contributed by atoms with E-state index < -0.39 is 41.6 Å². The van der Waals surface area contributed by atoms with Crippen molar-refractivity contribution in [1.29, 1.82) is 0 Å². The molecule has 1 aliphatic rings. The van der Waals surface area contributed by atoms with Crippen molar-refractivity contribution in [2.45, 2.75) is 24.9 Å². The van der Waals surface area contributed by atoms with E-state index in [1.165, 1.54) is 6.07 Å². The molecule has 0 spiro atoms. The van der Waals surface area contributed by atoms with Crippen LogP contribution < -0.4 is 4.74 Å². The summed E-state index contributed by atoms with van der Waals surface area (Å²) in [5, 5.41) is 12.9. The molecule has 1 N–H and O–H groups in total. The second-order valence-corrected chi connectivity index (χ2v) is 5.56. The van der Waals surface area contributed by atoms with Gasteiger partial charge in [-0.15, -0.1) is 0 Å². The Hall–Kier alpha value is -2.95. The Kier molecular flexibility index (Phi) is 4.64. The highest BCUT2D eigenvalue weighted by molar-refractivity contribution is 5.93. The first-order chi connectivity index (χ1) is 12.6. The molecule has 1 amide bonds. The molecule has 0 fully saturated rings. The number of amides is 1. The van der Waals surface area contributed by atoms with E-state index in [-0.39, 0.29) is 23.1 Å². The number of benzene rings is 1. The topological polar surface area (TPSA) is 75.3 Å². The van der Waals surface area contributed by atoms with Crippen molar-refractivity contribution in [2.75, 3.05) is 0 Å². The number of hydrogen-bond donors (Lipinski definition) is 1. The number of furan rings is 1. The standard InChI is InChI=1S/C16H11F5N2O4/c17-9-1-3-12(11(18)7-9)26-8-10-2-4-13(27-10)14(24)23-15(25,5-6-22-23)16(19,20)21/h1-4,6-7,25H,5,8H2/t15-/m1/s1. The molecule has 0 unspecified atom stereocenters. The molecule has 0 aliphatic carbocycles. The van der Waals surface area contributed by atoms with Crippen LogP contribution in [-0.4, -0.2) is 34.1 Å². The van der Waals surface area contributed by atoms with Crippen LogP contribution >= 0.6 is 0 Å². The molecule has 0 bridgehead atoms. The number of halogens is 5. The van der Waals surface area contributed by atoms with Crippen molar-refractivity contribution in [1.82, 2.24) is 5.01 Å². The van der Waals surface area contributed by atoms with E-state index in [0.29, 0.717) is 6.07 Å².